The molecule has 2 aliphatic heterocycles. The minimum absolute atomic E-state index is 0.0577. The maximum Gasteiger partial charge on any atom is 0.159 e. The summed E-state index contributed by atoms with van der Waals surface area (Å²) in [6, 6.07) is 0.199. The third kappa shape index (κ3) is 4.01. The molecule has 2 atom stereocenters. The summed E-state index contributed by atoms with van der Waals surface area (Å²) in [6.07, 6.45) is 7.06. The molecule has 4 nitrogen and oxygen atoms in total. The maximum absolute atomic E-state index is 6.04. The lowest BCUT2D eigenvalue weighted by molar-refractivity contribution is -0.0511. The van der Waals surface area contributed by atoms with Crippen LogP contribution in [0.3, 0.4) is 0 Å². The molecular formula is C12H23NO3. The van der Waals surface area contributed by atoms with E-state index in [1.54, 1.807) is 0 Å². The van der Waals surface area contributed by atoms with Crippen molar-refractivity contribution >= 4 is 0 Å². The van der Waals surface area contributed by atoms with Crippen molar-refractivity contribution in [3.63, 3.8) is 0 Å². The molecule has 2 saturated heterocycles. The molecule has 0 spiro atoms. The second-order valence-corrected chi connectivity index (χ2v) is 4.73. The van der Waals surface area contributed by atoms with E-state index in [1.165, 1.54) is 12.8 Å². The van der Waals surface area contributed by atoms with E-state index in [2.05, 4.69) is 0 Å². The summed E-state index contributed by atoms with van der Waals surface area (Å²) >= 11 is 0. The van der Waals surface area contributed by atoms with Crippen LogP contribution in [0.1, 0.15) is 38.5 Å². The van der Waals surface area contributed by atoms with Gasteiger partial charge in [-0.2, -0.15) is 0 Å². The molecule has 94 valence electrons. The molecule has 0 aromatic heterocycles. The zero-order valence-electron chi connectivity index (χ0n) is 9.90. The Morgan fingerprint density at radius 1 is 1.12 bits per heavy atom. The first-order valence-corrected chi connectivity index (χ1v) is 6.45. The molecule has 0 amide bonds. The van der Waals surface area contributed by atoms with Crippen LogP contribution in [0.5, 0.6) is 0 Å². The van der Waals surface area contributed by atoms with Gasteiger partial charge in [-0.3, -0.25) is 0 Å². The largest absolute Gasteiger partial charge is 0.378 e. The van der Waals surface area contributed by atoms with Crippen molar-refractivity contribution in [2.24, 2.45) is 5.73 Å². The van der Waals surface area contributed by atoms with E-state index in [-0.39, 0.29) is 12.3 Å². The first-order chi connectivity index (χ1) is 7.84. The van der Waals surface area contributed by atoms with Crippen molar-refractivity contribution in [1.82, 2.24) is 0 Å². The van der Waals surface area contributed by atoms with Gasteiger partial charge in [-0.15, -0.1) is 0 Å². The van der Waals surface area contributed by atoms with Crippen molar-refractivity contribution in [3.8, 4) is 0 Å². The van der Waals surface area contributed by atoms with E-state index < -0.39 is 0 Å². The summed E-state index contributed by atoms with van der Waals surface area (Å²) in [7, 11) is 0. The van der Waals surface area contributed by atoms with E-state index in [0.717, 1.165) is 32.3 Å². The predicted octanol–water partition coefficient (Wildman–Crippen LogP) is 1.43. The summed E-state index contributed by atoms with van der Waals surface area (Å²) in [5.41, 5.74) is 6.04. The fourth-order valence-corrected chi connectivity index (χ4v) is 2.39. The van der Waals surface area contributed by atoms with E-state index in [4.69, 9.17) is 19.9 Å². The summed E-state index contributed by atoms with van der Waals surface area (Å²) in [4.78, 5) is 0. The van der Waals surface area contributed by atoms with Gasteiger partial charge >= 0.3 is 0 Å². The van der Waals surface area contributed by atoms with Crippen LogP contribution in [0.15, 0.2) is 0 Å². The minimum Gasteiger partial charge on any atom is -0.378 e. The Labute approximate surface area is 97.4 Å². The Bertz CT molecular complexity index is 189. The molecule has 0 bridgehead atoms. The van der Waals surface area contributed by atoms with E-state index in [1.807, 2.05) is 0 Å². The number of rotatable bonds is 6. The topological polar surface area (TPSA) is 53.7 Å². The molecule has 0 aromatic rings. The molecule has 2 unspecified atom stereocenters. The standard InChI is InChI=1S/C12H23NO3/c13-10(9-12-15-7-8-16-12)3-1-4-11-5-2-6-14-11/h10-12H,1-9,13H2. The summed E-state index contributed by atoms with van der Waals surface area (Å²) in [5.74, 6) is 0. The maximum atomic E-state index is 6.04. The molecule has 2 rings (SSSR count). The third-order valence-corrected chi connectivity index (χ3v) is 3.31. The fourth-order valence-electron chi connectivity index (χ4n) is 2.39. The Balaban J connectivity index is 1.51. The monoisotopic (exact) mass is 229 g/mol. The molecule has 0 saturated carbocycles. The molecular weight excluding hydrogens is 206 g/mol. The molecule has 2 heterocycles. The highest BCUT2D eigenvalue weighted by Crippen LogP contribution is 2.19. The Morgan fingerprint density at radius 2 is 1.94 bits per heavy atom. The second-order valence-electron chi connectivity index (χ2n) is 4.73. The first kappa shape index (κ1) is 12.3. The van der Waals surface area contributed by atoms with Crippen LogP contribution in [0, 0.1) is 0 Å². The molecule has 4 heteroatoms. The first-order valence-electron chi connectivity index (χ1n) is 6.45. The van der Waals surface area contributed by atoms with Crippen molar-refractivity contribution < 1.29 is 14.2 Å². The zero-order chi connectivity index (χ0) is 11.2. The summed E-state index contributed by atoms with van der Waals surface area (Å²) in [5, 5.41) is 0. The highest BCUT2D eigenvalue weighted by molar-refractivity contribution is 4.69. The van der Waals surface area contributed by atoms with E-state index >= 15 is 0 Å². The lowest BCUT2D eigenvalue weighted by Crippen LogP contribution is -2.27. The van der Waals surface area contributed by atoms with Crippen LogP contribution < -0.4 is 5.73 Å². The smallest absolute Gasteiger partial charge is 0.159 e. The van der Waals surface area contributed by atoms with Crippen LogP contribution in [0.4, 0.5) is 0 Å². The minimum atomic E-state index is -0.0577. The van der Waals surface area contributed by atoms with Crippen LogP contribution in [0.2, 0.25) is 0 Å². The zero-order valence-corrected chi connectivity index (χ0v) is 9.90. The lowest BCUT2D eigenvalue weighted by Gasteiger charge is -2.16. The Morgan fingerprint density at radius 3 is 2.62 bits per heavy atom. The Kier molecular flexibility index (Phi) is 5.03. The van der Waals surface area contributed by atoms with Gasteiger partial charge in [0.1, 0.15) is 0 Å². The summed E-state index contributed by atoms with van der Waals surface area (Å²) in [6.45, 7) is 2.38. The van der Waals surface area contributed by atoms with E-state index in [9.17, 15) is 0 Å². The second kappa shape index (κ2) is 6.55. The molecule has 2 aliphatic rings. The molecule has 0 radical (unpaired) electrons. The average molecular weight is 229 g/mol. The molecule has 16 heavy (non-hydrogen) atoms. The summed E-state index contributed by atoms with van der Waals surface area (Å²) < 4.78 is 16.3. The van der Waals surface area contributed by atoms with Gasteiger partial charge in [0, 0.05) is 19.1 Å². The van der Waals surface area contributed by atoms with Gasteiger partial charge < -0.3 is 19.9 Å². The van der Waals surface area contributed by atoms with Crippen molar-refractivity contribution in [2.45, 2.75) is 57.0 Å². The van der Waals surface area contributed by atoms with Crippen LogP contribution >= 0.6 is 0 Å². The lowest BCUT2D eigenvalue weighted by atomic mass is 10.0. The van der Waals surface area contributed by atoms with Gasteiger partial charge in [0.2, 0.25) is 0 Å². The molecule has 0 aromatic carbocycles. The highest BCUT2D eigenvalue weighted by Gasteiger charge is 2.20. The average Bonchev–Trinajstić information content (AvgIpc) is 2.90. The molecule has 2 N–H and O–H groups in total. The number of hydrogen-bond donors (Lipinski definition) is 1. The van der Waals surface area contributed by atoms with Gasteiger partial charge in [-0.1, -0.05) is 0 Å². The van der Waals surface area contributed by atoms with Gasteiger partial charge in [-0.25, -0.2) is 0 Å². The van der Waals surface area contributed by atoms with Gasteiger partial charge in [0.05, 0.1) is 19.3 Å². The Hall–Kier alpha value is -0.160. The van der Waals surface area contributed by atoms with Gasteiger partial charge in [0.25, 0.3) is 0 Å². The fraction of sp³-hybridized carbons (Fsp3) is 1.00. The number of nitrogens with two attached hydrogens (primary N) is 1. The van der Waals surface area contributed by atoms with Crippen LogP contribution in [-0.4, -0.2) is 38.3 Å². The van der Waals surface area contributed by atoms with Gasteiger partial charge in [0.15, 0.2) is 6.29 Å². The number of hydrogen-bond acceptors (Lipinski definition) is 4. The van der Waals surface area contributed by atoms with Crippen molar-refractivity contribution in [2.75, 3.05) is 19.8 Å². The van der Waals surface area contributed by atoms with Crippen molar-refractivity contribution in [1.29, 1.82) is 0 Å². The van der Waals surface area contributed by atoms with Crippen LogP contribution in [-0.2, 0) is 14.2 Å². The highest BCUT2D eigenvalue weighted by atomic mass is 16.7. The third-order valence-electron chi connectivity index (χ3n) is 3.31. The van der Waals surface area contributed by atoms with Crippen molar-refractivity contribution in [3.05, 3.63) is 0 Å². The molecule has 0 aliphatic carbocycles. The van der Waals surface area contributed by atoms with E-state index in [0.29, 0.717) is 19.3 Å². The molecule has 2 fully saturated rings. The van der Waals surface area contributed by atoms with Crippen LogP contribution in [0.25, 0.3) is 0 Å². The quantitative estimate of drug-likeness (QED) is 0.748. The van der Waals surface area contributed by atoms with Gasteiger partial charge in [-0.05, 0) is 32.1 Å². The number of ether oxygens (including phenoxy) is 3. The normalized spacial score (nSPS) is 28.7. The predicted molar refractivity (Wildman–Crippen MR) is 61.1 cm³/mol. The SMILES string of the molecule is NC(CCCC1CCCO1)CC1OCCO1.